The number of benzene rings is 2. The number of hydrogen-bond acceptors (Lipinski definition) is 4. The van der Waals surface area contributed by atoms with Crippen molar-refractivity contribution < 1.29 is 14.6 Å². The van der Waals surface area contributed by atoms with E-state index in [1.54, 1.807) is 18.2 Å². The number of nitrogens with one attached hydrogen (secondary N) is 2. The molecule has 0 spiro atoms. The van der Waals surface area contributed by atoms with Crippen LogP contribution in [0.5, 0.6) is 11.5 Å². The number of aromatic hydroxyl groups is 1. The minimum Gasteiger partial charge on any atom is -0.507 e. The Morgan fingerprint density at radius 3 is 2.87 bits per heavy atom. The standard InChI is InChI=1S/C17H15N3O3/c1-23-13-6-7-16(21)12(8-13)10-18-20-17(22)15-9-11-4-2-3-5-14(11)19-15/h2-10,19,21H,1H3,(H,20,22)/b18-10+. The minimum atomic E-state index is -0.361. The van der Waals surface area contributed by atoms with Gasteiger partial charge in [-0.3, -0.25) is 4.79 Å². The number of fused-ring (bicyclic) bond motifs is 1. The van der Waals surface area contributed by atoms with E-state index in [4.69, 9.17) is 4.74 Å². The molecule has 3 aromatic rings. The van der Waals surface area contributed by atoms with Crippen LogP contribution < -0.4 is 10.2 Å². The number of aromatic amines is 1. The number of phenolic OH excluding ortho intramolecular Hbond substituents is 1. The molecule has 0 fully saturated rings. The smallest absolute Gasteiger partial charge is 0.287 e. The van der Waals surface area contributed by atoms with Crippen LogP contribution >= 0.6 is 0 Å². The average Bonchev–Trinajstić information content (AvgIpc) is 3.00. The highest BCUT2D eigenvalue weighted by molar-refractivity contribution is 5.98. The molecule has 3 rings (SSSR count). The first-order valence-electron chi connectivity index (χ1n) is 6.95. The summed E-state index contributed by atoms with van der Waals surface area (Å²) in [5, 5.41) is 14.6. The molecule has 6 nitrogen and oxygen atoms in total. The second kappa shape index (κ2) is 6.23. The summed E-state index contributed by atoms with van der Waals surface area (Å²) in [4.78, 5) is 15.1. The number of phenols is 1. The van der Waals surface area contributed by atoms with E-state index in [0.717, 1.165) is 10.9 Å². The van der Waals surface area contributed by atoms with Gasteiger partial charge in [-0.25, -0.2) is 5.43 Å². The van der Waals surface area contributed by atoms with Gasteiger partial charge in [0.2, 0.25) is 0 Å². The second-order valence-electron chi connectivity index (χ2n) is 4.89. The van der Waals surface area contributed by atoms with Crippen molar-refractivity contribution >= 4 is 23.0 Å². The number of rotatable bonds is 4. The molecule has 1 heterocycles. The Kier molecular flexibility index (Phi) is 3.97. The van der Waals surface area contributed by atoms with Crippen LogP contribution in [0.4, 0.5) is 0 Å². The highest BCUT2D eigenvalue weighted by atomic mass is 16.5. The molecule has 116 valence electrons. The van der Waals surface area contributed by atoms with Gasteiger partial charge in [0.25, 0.3) is 5.91 Å². The molecule has 3 N–H and O–H groups in total. The number of ether oxygens (including phenoxy) is 1. The number of nitrogens with zero attached hydrogens (tertiary/aromatic N) is 1. The number of hydrazone groups is 1. The third kappa shape index (κ3) is 3.16. The van der Waals surface area contributed by atoms with Gasteiger partial charge < -0.3 is 14.8 Å². The summed E-state index contributed by atoms with van der Waals surface area (Å²) >= 11 is 0. The molecule has 1 amide bonds. The van der Waals surface area contributed by atoms with E-state index in [2.05, 4.69) is 15.5 Å². The van der Waals surface area contributed by atoms with Gasteiger partial charge in [0.05, 0.1) is 13.3 Å². The van der Waals surface area contributed by atoms with Crippen molar-refractivity contribution in [2.24, 2.45) is 5.10 Å². The van der Waals surface area contributed by atoms with Crippen LogP contribution in [-0.4, -0.2) is 29.3 Å². The van der Waals surface area contributed by atoms with Crippen LogP contribution in [-0.2, 0) is 0 Å². The molecule has 0 aliphatic heterocycles. The summed E-state index contributed by atoms with van der Waals surface area (Å²) in [6, 6.07) is 14.1. The fourth-order valence-electron chi connectivity index (χ4n) is 2.18. The van der Waals surface area contributed by atoms with E-state index in [0.29, 0.717) is 17.0 Å². The molecule has 23 heavy (non-hydrogen) atoms. The monoisotopic (exact) mass is 309 g/mol. The number of carbonyl (C=O) groups excluding carboxylic acids is 1. The quantitative estimate of drug-likeness (QED) is 0.511. The van der Waals surface area contributed by atoms with Gasteiger partial charge in [-0.15, -0.1) is 0 Å². The van der Waals surface area contributed by atoms with Crippen LogP contribution in [0.2, 0.25) is 0 Å². The normalized spacial score (nSPS) is 11.0. The SMILES string of the molecule is COc1ccc(O)c(/C=N/NC(=O)c2cc3ccccc3[nH]2)c1. The number of H-pyrrole nitrogens is 1. The predicted octanol–water partition coefficient (Wildman–Crippen LogP) is 2.65. The van der Waals surface area contributed by atoms with E-state index < -0.39 is 0 Å². The van der Waals surface area contributed by atoms with Gasteiger partial charge in [-0.1, -0.05) is 18.2 Å². The maximum absolute atomic E-state index is 12.1. The topological polar surface area (TPSA) is 86.7 Å². The van der Waals surface area contributed by atoms with Gasteiger partial charge in [0.15, 0.2) is 0 Å². The number of hydrogen-bond donors (Lipinski definition) is 3. The van der Waals surface area contributed by atoms with Crippen molar-refractivity contribution in [3.8, 4) is 11.5 Å². The zero-order valence-corrected chi connectivity index (χ0v) is 12.4. The van der Waals surface area contributed by atoms with Crippen molar-refractivity contribution in [3.63, 3.8) is 0 Å². The third-order valence-electron chi connectivity index (χ3n) is 3.38. The van der Waals surface area contributed by atoms with Crippen molar-refractivity contribution in [2.75, 3.05) is 7.11 Å². The lowest BCUT2D eigenvalue weighted by Crippen LogP contribution is -2.17. The summed E-state index contributed by atoms with van der Waals surface area (Å²) in [6.45, 7) is 0. The molecule has 0 radical (unpaired) electrons. The summed E-state index contributed by atoms with van der Waals surface area (Å²) in [7, 11) is 1.53. The van der Waals surface area contributed by atoms with E-state index in [-0.39, 0.29) is 11.7 Å². The maximum Gasteiger partial charge on any atom is 0.287 e. The largest absolute Gasteiger partial charge is 0.507 e. The van der Waals surface area contributed by atoms with E-state index in [1.807, 2.05) is 24.3 Å². The zero-order chi connectivity index (χ0) is 16.2. The molecular weight excluding hydrogens is 294 g/mol. The fraction of sp³-hybridized carbons (Fsp3) is 0.0588. The highest BCUT2D eigenvalue weighted by Gasteiger charge is 2.08. The first-order chi connectivity index (χ1) is 11.2. The van der Waals surface area contributed by atoms with Crippen LogP contribution in [0.25, 0.3) is 10.9 Å². The van der Waals surface area contributed by atoms with Crippen molar-refractivity contribution in [2.45, 2.75) is 0 Å². The molecule has 1 aromatic heterocycles. The lowest BCUT2D eigenvalue weighted by molar-refractivity contribution is 0.0951. The van der Waals surface area contributed by atoms with Crippen LogP contribution in [0.15, 0.2) is 53.6 Å². The Labute approximate surface area is 132 Å². The molecular formula is C17H15N3O3. The number of aromatic nitrogens is 1. The summed E-state index contributed by atoms with van der Waals surface area (Å²) in [5.41, 5.74) is 4.16. The first-order valence-corrected chi connectivity index (χ1v) is 6.95. The Bertz CT molecular complexity index is 851. The Hall–Kier alpha value is -3.28. The number of methoxy groups -OCH3 is 1. The fourth-order valence-corrected chi connectivity index (χ4v) is 2.18. The number of amides is 1. The molecule has 6 heteroatoms. The van der Waals surface area contributed by atoms with Crippen molar-refractivity contribution in [3.05, 3.63) is 59.8 Å². The van der Waals surface area contributed by atoms with Crippen LogP contribution in [0.3, 0.4) is 0 Å². The van der Waals surface area contributed by atoms with Crippen molar-refractivity contribution in [1.29, 1.82) is 0 Å². The Morgan fingerprint density at radius 1 is 1.26 bits per heavy atom. The summed E-state index contributed by atoms with van der Waals surface area (Å²) in [5.74, 6) is 0.278. The first kappa shape index (κ1) is 14.6. The third-order valence-corrected chi connectivity index (χ3v) is 3.38. The van der Waals surface area contributed by atoms with Crippen LogP contribution in [0.1, 0.15) is 16.1 Å². The van der Waals surface area contributed by atoms with Gasteiger partial charge in [0.1, 0.15) is 17.2 Å². The molecule has 0 aliphatic carbocycles. The lowest BCUT2D eigenvalue weighted by atomic mass is 10.2. The van der Waals surface area contributed by atoms with Gasteiger partial charge in [0, 0.05) is 16.5 Å². The molecule has 0 saturated carbocycles. The average molecular weight is 309 g/mol. The van der Waals surface area contributed by atoms with E-state index in [1.165, 1.54) is 19.4 Å². The maximum atomic E-state index is 12.1. The van der Waals surface area contributed by atoms with E-state index >= 15 is 0 Å². The molecule has 0 aliphatic rings. The zero-order valence-electron chi connectivity index (χ0n) is 12.4. The highest BCUT2D eigenvalue weighted by Crippen LogP contribution is 2.21. The summed E-state index contributed by atoms with van der Waals surface area (Å²) < 4.78 is 5.08. The molecule has 0 atom stereocenters. The van der Waals surface area contributed by atoms with Gasteiger partial charge >= 0.3 is 0 Å². The number of para-hydroxylation sites is 1. The Morgan fingerprint density at radius 2 is 2.09 bits per heavy atom. The Balaban J connectivity index is 1.73. The molecule has 0 bridgehead atoms. The van der Waals surface area contributed by atoms with Gasteiger partial charge in [-0.05, 0) is 30.3 Å². The van der Waals surface area contributed by atoms with Gasteiger partial charge in [-0.2, -0.15) is 5.10 Å². The molecule has 2 aromatic carbocycles. The predicted molar refractivity (Wildman–Crippen MR) is 88.0 cm³/mol. The second-order valence-corrected chi connectivity index (χ2v) is 4.89. The van der Waals surface area contributed by atoms with Crippen LogP contribution in [0, 0.1) is 0 Å². The number of carbonyl (C=O) groups is 1. The summed E-state index contributed by atoms with van der Waals surface area (Å²) in [6.07, 6.45) is 1.36. The lowest BCUT2D eigenvalue weighted by Gasteiger charge is -2.03. The van der Waals surface area contributed by atoms with Crippen molar-refractivity contribution in [1.82, 2.24) is 10.4 Å². The molecule has 0 unspecified atom stereocenters. The molecule has 0 saturated heterocycles. The minimum absolute atomic E-state index is 0.0504. The van der Waals surface area contributed by atoms with E-state index in [9.17, 15) is 9.90 Å².